The van der Waals surface area contributed by atoms with E-state index in [4.69, 9.17) is 10.5 Å². The monoisotopic (exact) mass is 418 g/mol. The highest BCUT2D eigenvalue weighted by Gasteiger charge is 2.45. The van der Waals surface area contributed by atoms with Gasteiger partial charge in [-0.05, 0) is 43.0 Å². The summed E-state index contributed by atoms with van der Waals surface area (Å²) in [5, 5.41) is 6.32. The lowest BCUT2D eigenvalue weighted by atomic mass is 9.80. The number of benzene rings is 1. The number of halogens is 2. The number of likely N-dealkylation sites (tertiary alicyclic amines) is 1. The number of nitrogens with two attached hydrogens (primary N) is 1. The fourth-order valence-corrected chi connectivity index (χ4v) is 4.41. The van der Waals surface area contributed by atoms with Crippen LogP contribution in [0.3, 0.4) is 0 Å². The van der Waals surface area contributed by atoms with Crippen molar-refractivity contribution in [3.8, 4) is 5.75 Å². The van der Waals surface area contributed by atoms with E-state index in [1.165, 1.54) is 13.4 Å². The molecule has 1 amide bonds. The van der Waals surface area contributed by atoms with E-state index in [0.29, 0.717) is 43.1 Å². The number of fused-ring (bicyclic) bond motifs is 2. The number of rotatable bonds is 5. The number of alkyl halides is 2. The van der Waals surface area contributed by atoms with Gasteiger partial charge in [0.15, 0.2) is 11.6 Å². The largest absolute Gasteiger partial charge is 0.490 e. The molecule has 0 unspecified atom stereocenters. The first-order chi connectivity index (χ1) is 14.3. The van der Waals surface area contributed by atoms with Crippen LogP contribution in [0.1, 0.15) is 34.3 Å². The van der Waals surface area contributed by atoms with Crippen molar-refractivity contribution in [2.75, 3.05) is 37.8 Å². The van der Waals surface area contributed by atoms with Crippen LogP contribution >= 0.6 is 0 Å². The molecule has 160 valence electrons. The summed E-state index contributed by atoms with van der Waals surface area (Å²) in [5.41, 5.74) is 8.38. The minimum atomic E-state index is -2.36. The molecule has 1 aromatic carbocycles. The second kappa shape index (κ2) is 7.67. The van der Waals surface area contributed by atoms with Crippen molar-refractivity contribution in [3.63, 3.8) is 0 Å². The van der Waals surface area contributed by atoms with Crippen molar-refractivity contribution in [2.24, 2.45) is 0 Å². The topological polar surface area (TPSA) is 105 Å². The molecule has 4 rings (SSSR count). The van der Waals surface area contributed by atoms with Crippen LogP contribution in [0.4, 0.5) is 26.1 Å². The number of anilines is 3. The number of aryl methyl sites for hydroxylation is 1. The van der Waals surface area contributed by atoms with Gasteiger partial charge in [-0.25, -0.2) is 18.7 Å². The van der Waals surface area contributed by atoms with Crippen LogP contribution in [0.25, 0.3) is 0 Å². The molecule has 1 saturated heterocycles. The predicted octanol–water partition coefficient (Wildman–Crippen LogP) is 2.42. The molecule has 0 saturated carbocycles. The summed E-state index contributed by atoms with van der Waals surface area (Å²) in [6.45, 7) is 2.63. The lowest BCUT2D eigenvalue weighted by molar-refractivity contribution is 0.0554. The van der Waals surface area contributed by atoms with Gasteiger partial charge >= 0.3 is 0 Å². The van der Waals surface area contributed by atoms with Crippen LogP contribution in [0.5, 0.6) is 5.75 Å². The molecule has 0 atom stereocenters. The average Bonchev–Trinajstić information content (AvgIpc) is 2.95. The Hall–Kier alpha value is -3.01. The highest BCUT2D eigenvalue weighted by atomic mass is 19.3. The minimum absolute atomic E-state index is 0.125. The van der Waals surface area contributed by atoms with E-state index in [2.05, 4.69) is 20.6 Å². The summed E-state index contributed by atoms with van der Waals surface area (Å²) in [7, 11) is 1.49. The number of hydrogen-bond donors (Lipinski definition) is 3. The molecule has 4 N–H and O–H groups in total. The number of amides is 1. The third kappa shape index (κ3) is 3.51. The first-order valence-corrected chi connectivity index (χ1v) is 9.72. The van der Waals surface area contributed by atoms with Gasteiger partial charge in [0.25, 0.3) is 12.3 Å². The maximum absolute atomic E-state index is 12.7. The fraction of sp³-hybridized carbons (Fsp3) is 0.450. The number of piperidine rings is 1. The molecule has 3 heterocycles. The molecule has 10 heteroatoms. The predicted molar refractivity (Wildman–Crippen MR) is 108 cm³/mol. The molecule has 30 heavy (non-hydrogen) atoms. The number of carbonyl (C=O) groups excluding carboxylic acids is 1. The average molecular weight is 418 g/mol. The third-order valence-electron chi connectivity index (χ3n) is 5.84. The summed E-state index contributed by atoms with van der Waals surface area (Å²) < 4.78 is 30.8. The van der Waals surface area contributed by atoms with Crippen LogP contribution in [0.15, 0.2) is 18.5 Å². The van der Waals surface area contributed by atoms with Gasteiger partial charge in [-0.3, -0.25) is 9.69 Å². The van der Waals surface area contributed by atoms with Gasteiger partial charge in [-0.2, -0.15) is 0 Å². The molecule has 1 spiro atoms. The smallest absolute Gasteiger partial charge is 0.252 e. The zero-order valence-electron chi connectivity index (χ0n) is 16.8. The maximum atomic E-state index is 12.7. The first-order valence-electron chi connectivity index (χ1n) is 9.72. The van der Waals surface area contributed by atoms with Crippen molar-refractivity contribution in [1.29, 1.82) is 0 Å². The van der Waals surface area contributed by atoms with Gasteiger partial charge in [0, 0.05) is 24.3 Å². The van der Waals surface area contributed by atoms with Gasteiger partial charge in [-0.15, -0.1) is 0 Å². The Labute approximate surface area is 172 Å². The summed E-state index contributed by atoms with van der Waals surface area (Å²) in [6.07, 6.45) is 0.125. The van der Waals surface area contributed by atoms with Gasteiger partial charge < -0.3 is 21.1 Å². The molecule has 2 aliphatic rings. The Kier molecular flexibility index (Phi) is 5.19. The van der Waals surface area contributed by atoms with Crippen molar-refractivity contribution in [2.45, 2.75) is 31.7 Å². The zero-order chi connectivity index (χ0) is 21.5. The van der Waals surface area contributed by atoms with Crippen molar-refractivity contribution in [1.82, 2.24) is 20.2 Å². The number of carbonyl (C=O) groups is 1. The van der Waals surface area contributed by atoms with Crippen LogP contribution in [-0.2, 0) is 5.54 Å². The number of nitrogen functional groups attached to an aromatic ring is 1. The van der Waals surface area contributed by atoms with Gasteiger partial charge in [0.1, 0.15) is 6.33 Å². The molecule has 8 nitrogen and oxygen atoms in total. The molecule has 0 bridgehead atoms. The summed E-state index contributed by atoms with van der Waals surface area (Å²) >= 11 is 0. The van der Waals surface area contributed by atoms with E-state index in [1.54, 1.807) is 4.90 Å². The second-order valence-electron chi connectivity index (χ2n) is 7.71. The molecular formula is C20H24F2N6O2. The van der Waals surface area contributed by atoms with E-state index < -0.39 is 12.0 Å². The molecule has 2 aromatic rings. The summed E-state index contributed by atoms with van der Waals surface area (Å²) in [5.74, 6) is 0.843. The van der Waals surface area contributed by atoms with Gasteiger partial charge in [0.05, 0.1) is 19.2 Å². The van der Waals surface area contributed by atoms with E-state index in [-0.39, 0.29) is 18.3 Å². The molecule has 1 fully saturated rings. The number of aromatic nitrogens is 2. The third-order valence-corrected chi connectivity index (χ3v) is 5.84. The SMILES string of the molecule is COc1c(N)ncnc1Nc1cc(C)c2c(c1)C1(CCN(CC(F)F)CC1)NC2=O. The molecule has 2 aliphatic heterocycles. The fourth-order valence-electron chi connectivity index (χ4n) is 4.41. The molecular weight excluding hydrogens is 394 g/mol. The number of methoxy groups -OCH3 is 1. The van der Waals surface area contributed by atoms with E-state index in [0.717, 1.165) is 16.8 Å². The normalized spacial score (nSPS) is 17.8. The lowest BCUT2D eigenvalue weighted by Gasteiger charge is -2.39. The summed E-state index contributed by atoms with van der Waals surface area (Å²) in [4.78, 5) is 22.6. The van der Waals surface area contributed by atoms with Crippen LogP contribution in [-0.4, -0.2) is 53.9 Å². The Morgan fingerprint density at radius 2 is 2.07 bits per heavy atom. The van der Waals surface area contributed by atoms with Crippen molar-refractivity contribution >= 4 is 23.2 Å². The van der Waals surface area contributed by atoms with E-state index >= 15 is 0 Å². The quantitative estimate of drug-likeness (QED) is 0.685. The van der Waals surface area contributed by atoms with Gasteiger partial charge in [-0.1, -0.05) is 0 Å². The number of ether oxygens (including phenoxy) is 1. The molecule has 0 aliphatic carbocycles. The Balaban J connectivity index is 1.66. The Morgan fingerprint density at radius 1 is 1.33 bits per heavy atom. The Morgan fingerprint density at radius 3 is 2.73 bits per heavy atom. The van der Waals surface area contributed by atoms with Crippen LogP contribution in [0, 0.1) is 6.92 Å². The van der Waals surface area contributed by atoms with Crippen molar-refractivity contribution < 1.29 is 18.3 Å². The lowest BCUT2D eigenvalue weighted by Crippen LogP contribution is -2.50. The molecule has 1 aromatic heterocycles. The van der Waals surface area contributed by atoms with Gasteiger partial charge in [0.2, 0.25) is 5.75 Å². The number of nitrogens with zero attached hydrogens (tertiary/aromatic N) is 3. The number of hydrogen-bond acceptors (Lipinski definition) is 7. The molecule has 0 radical (unpaired) electrons. The minimum Gasteiger partial charge on any atom is -0.490 e. The summed E-state index contributed by atoms with van der Waals surface area (Å²) in [6, 6.07) is 3.78. The standard InChI is InChI=1S/C20H24F2N6O2/c1-11-7-12(26-18-16(30-2)17(23)24-10-25-18)8-13-15(11)19(29)27-20(13)3-5-28(6-4-20)9-14(21)22/h7-8,10,14H,3-6,9H2,1-2H3,(H,27,29)(H3,23,24,25,26). The van der Waals surface area contributed by atoms with Crippen LogP contribution < -0.4 is 21.1 Å². The Bertz CT molecular complexity index is 976. The maximum Gasteiger partial charge on any atom is 0.252 e. The zero-order valence-corrected chi connectivity index (χ0v) is 16.8. The van der Waals surface area contributed by atoms with Crippen molar-refractivity contribution in [3.05, 3.63) is 35.2 Å². The number of nitrogens with one attached hydrogen (secondary N) is 2. The van der Waals surface area contributed by atoms with Crippen LogP contribution in [0.2, 0.25) is 0 Å². The van der Waals surface area contributed by atoms with E-state index in [1.807, 2.05) is 19.1 Å². The second-order valence-corrected chi connectivity index (χ2v) is 7.71. The highest BCUT2D eigenvalue weighted by molar-refractivity contribution is 6.02. The first kappa shape index (κ1) is 20.3. The van der Waals surface area contributed by atoms with E-state index in [9.17, 15) is 13.6 Å². The highest BCUT2D eigenvalue weighted by Crippen LogP contribution is 2.42.